The first-order valence-electron chi connectivity index (χ1n) is 8.71. The topological polar surface area (TPSA) is 100 Å². The number of nitrogens with one attached hydrogen (secondary N) is 1. The Morgan fingerprint density at radius 3 is 2.74 bits per heavy atom. The second kappa shape index (κ2) is 6.28. The van der Waals surface area contributed by atoms with E-state index in [9.17, 15) is 13.2 Å². The van der Waals surface area contributed by atoms with Crippen molar-refractivity contribution in [2.75, 3.05) is 12.8 Å². The van der Waals surface area contributed by atoms with Gasteiger partial charge in [0, 0.05) is 38.5 Å². The van der Waals surface area contributed by atoms with E-state index in [2.05, 4.69) is 30.4 Å². The third-order valence-corrected chi connectivity index (χ3v) is 5.81. The normalized spacial score (nSPS) is 15.2. The summed E-state index contributed by atoms with van der Waals surface area (Å²) in [4.78, 5) is 25.7. The number of hydrogen-bond donors (Lipinski definition) is 1. The van der Waals surface area contributed by atoms with Gasteiger partial charge in [-0.1, -0.05) is 6.07 Å². The zero-order valence-electron chi connectivity index (χ0n) is 15.5. The summed E-state index contributed by atoms with van der Waals surface area (Å²) in [5.41, 5.74) is 4.84. The number of H-pyrrole nitrogens is 1. The van der Waals surface area contributed by atoms with Gasteiger partial charge in [-0.2, -0.15) is 0 Å². The van der Waals surface area contributed by atoms with Gasteiger partial charge in [0.15, 0.2) is 0 Å². The van der Waals surface area contributed by atoms with Crippen molar-refractivity contribution in [3.63, 3.8) is 0 Å². The van der Waals surface area contributed by atoms with E-state index in [-0.39, 0.29) is 10.7 Å². The van der Waals surface area contributed by atoms with Crippen molar-refractivity contribution in [1.82, 2.24) is 24.3 Å². The molecule has 27 heavy (non-hydrogen) atoms. The highest BCUT2D eigenvalue weighted by Crippen LogP contribution is 2.20. The molecule has 3 aromatic heterocycles. The van der Waals surface area contributed by atoms with Crippen LogP contribution in [0.2, 0.25) is 0 Å². The van der Waals surface area contributed by atoms with Crippen molar-refractivity contribution in [3.8, 4) is 0 Å². The fraction of sp³-hybridized carbons (Fsp3) is 0.389. The molecule has 9 heteroatoms. The molecule has 0 fully saturated rings. The second-order valence-corrected chi connectivity index (χ2v) is 9.04. The van der Waals surface area contributed by atoms with Crippen LogP contribution in [0.15, 0.2) is 28.3 Å². The zero-order chi connectivity index (χ0) is 19.3. The summed E-state index contributed by atoms with van der Waals surface area (Å²) in [7, 11) is -3.54. The lowest BCUT2D eigenvalue weighted by Gasteiger charge is -2.27. The molecule has 0 aliphatic carbocycles. The Bertz CT molecular complexity index is 1210. The Labute approximate surface area is 156 Å². The summed E-state index contributed by atoms with van der Waals surface area (Å²) in [5, 5.41) is -0.257. The van der Waals surface area contributed by atoms with Crippen LogP contribution in [0, 0.1) is 13.8 Å². The molecular formula is C18H21N5O3S. The molecule has 0 radical (unpaired) electrons. The maximum atomic E-state index is 12.4. The molecular weight excluding hydrogens is 366 g/mol. The Balaban J connectivity index is 1.66. The van der Waals surface area contributed by atoms with E-state index in [1.807, 2.05) is 26.0 Å². The van der Waals surface area contributed by atoms with Gasteiger partial charge in [-0.05, 0) is 25.5 Å². The lowest BCUT2D eigenvalue weighted by atomic mass is 10.1. The summed E-state index contributed by atoms with van der Waals surface area (Å²) in [6, 6.07) is 4.03. The molecule has 4 heterocycles. The molecule has 1 aliphatic heterocycles. The van der Waals surface area contributed by atoms with Crippen LogP contribution in [-0.2, 0) is 29.3 Å². The Hall–Kier alpha value is -2.52. The van der Waals surface area contributed by atoms with E-state index in [1.54, 1.807) is 0 Å². The summed E-state index contributed by atoms with van der Waals surface area (Å²) in [6.45, 7) is 5.82. The van der Waals surface area contributed by atoms with E-state index in [4.69, 9.17) is 0 Å². The van der Waals surface area contributed by atoms with Crippen molar-refractivity contribution in [2.45, 2.75) is 38.5 Å². The number of pyridine rings is 1. The third kappa shape index (κ3) is 3.28. The number of fused-ring (bicyclic) bond motifs is 2. The predicted octanol–water partition coefficient (Wildman–Crippen LogP) is 0.996. The van der Waals surface area contributed by atoms with E-state index < -0.39 is 9.84 Å². The van der Waals surface area contributed by atoms with Crippen LogP contribution in [0.5, 0.6) is 0 Å². The minimum Gasteiger partial charge on any atom is -0.302 e. The smallest absolute Gasteiger partial charge is 0.256 e. The molecule has 0 atom stereocenters. The first-order chi connectivity index (χ1) is 12.7. The average molecular weight is 387 g/mol. The molecule has 0 bridgehead atoms. The number of hydrogen-bond acceptors (Lipinski definition) is 6. The van der Waals surface area contributed by atoms with Crippen LogP contribution in [0.1, 0.15) is 28.2 Å². The van der Waals surface area contributed by atoms with Gasteiger partial charge in [0.2, 0.25) is 15.0 Å². The Morgan fingerprint density at radius 2 is 2.00 bits per heavy atom. The lowest BCUT2D eigenvalue weighted by molar-refractivity contribution is 0.237. The van der Waals surface area contributed by atoms with Gasteiger partial charge in [-0.15, -0.1) is 0 Å². The maximum Gasteiger partial charge on any atom is 0.256 e. The van der Waals surface area contributed by atoms with Crippen molar-refractivity contribution in [3.05, 3.63) is 56.9 Å². The molecule has 0 aromatic carbocycles. The molecule has 0 saturated heterocycles. The van der Waals surface area contributed by atoms with E-state index in [0.29, 0.717) is 37.3 Å². The highest BCUT2D eigenvalue weighted by Gasteiger charge is 2.24. The van der Waals surface area contributed by atoms with Crippen molar-refractivity contribution < 1.29 is 8.42 Å². The van der Waals surface area contributed by atoms with Crippen molar-refractivity contribution in [2.24, 2.45) is 0 Å². The number of aromatic amines is 1. The Kier molecular flexibility index (Phi) is 4.15. The minimum atomic E-state index is -3.54. The van der Waals surface area contributed by atoms with Gasteiger partial charge in [0.1, 0.15) is 5.65 Å². The largest absolute Gasteiger partial charge is 0.302 e. The number of nitrogens with zero attached hydrogens (tertiary/aromatic N) is 4. The minimum absolute atomic E-state index is 0.257. The molecule has 142 valence electrons. The molecule has 1 aliphatic rings. The average Bonchev–Trinajstić information content (AvgIpc) is 2.89. The van der Waals surface area contributed by atoms with Crippen LogP contribution >= 0.6 is 0 Å². The third-order valence-electron chi connectivity index (χ3n) is 4.92. The van der Waals surface area contributed by atoms with E-state index >= 15 is 0 Å². The van der Waals surface area contributed by atoms with Crippen LogP contribution in [-0.4, -0.2) is 45.5 Å². The summed E-state index contributed by atoms with van der Waals surface area (Å²) < 4.78 is 25.5. The van der Waals surface area contributed by atoms with Crippen LogP contribution < -0.4 is 5.56 Å². The number of aromatic nitrogens is 4. The van der Waals surface area contributed by atoms with Crippen LogP contribution in [0.25, 0.3) is 5.65 Å². The van der Waals surface area contributed by atoms with Gasteiger partial charge in [-0.25, -0.2) is 18.4 Å². The first kappa shape index (κ1) is 17.9. The lowest BCUT2D eigenvalue weighted by Crippen LogP contribution is -2.36. The molecule has 0 saturated carbocycles. The number of imidazole rings is 1. The van der Waals surface area contributed by atoms with E-state index in [0.717, 1.165) is 28.9 Å². The predicted molar refractivity (Wildman–Crippen MR) is 100 cm³/mol. The summed E-state index contributed by atoms with van der Waals surface area (Å²) in [5.74, 6) is 0. The number of sulfone groups is 1. The Morgan fingerprint density at radius 1 is 1.22 bits per heavy atom. The fourth-order valence-electron chi connectivity index (χ4n) is 3.49. The van der Waals surface area contributed by atoms with Crippen molar-refractivity contribution >= 4 is 15.5 Å². The molecule has 3 aromatic rings. The first-order valence-corrected chi connectivity index (χ1v) is 10.6. The summed E-state index contributed by atoms with van der Waals surface area (Å²) >= 11 is 0. The standard InChI is InChI=1S/C18H21N5O3S/c1-11-4-5-16-19-12(2)15(23(16)8-11)10-22-7-6-14-13(9-22)17(24)21-18(20-14)27(3,25)26/h4-5,8H,6-7,9-10H2,1-3H3,(H,20,21,24). The van der Waals surface area contributed by atoms with Gasteiger partial charge >= 0.3 is 0 Å². The van der Waals surface area contributed by atoms with Crippen LogP contribution in [0.4, 0.5) is 0 Å². The number of aryl methyl sites for hydroxylation is 2. The van der Waals surface area contributed by atoms with Crippen LogP contribution in [0.3, 0.4) is 0 Å². The zero-order valence-corrected chi connectivity index (χ0v) is 16.3. The quantitative estimate of drug-likeness (QED) is 0.673. The molecule has 0 spiro atoms. The maximum absolute atomic E-state index is 12.4. The van der Waals surface area contributed by atoms with Crippen molar-refractivity contribution in [1.29, 1.82) is 0 Å². The fourth-order valence-corrected chi connectivity index (χ4v) is 4.04. The van der Waals surface area contributed by atoms with Gasteiger partial charge in [0.05, 0.1) is 22.6 Å². The molecule has 4 rings (SSSR count). The molecule has 0 amide bonds. The monoisotopic (exact) mass is 387 g/mol. The highest BCUT2D eigenvalue weighted by atomic mass is 32.2. The van der Waals surface area contributed by atoms with Gasteiger partial charge < -0.3 is 4.40 Å². The van der Waals surface area contributed by atoms with E-state index in [1.165, 1.54) is 0 Å². The molecule has 8 nitrogen and oxygen atoms in total. The SMILES string of the molecule is Cc1ccc2nc(C)c(CN3CCc4nc(S(C)(=O)=O)[nH]c(=O)c4C3)n2c1. The molecule has 1 N–H and O–H groups in total. The van der Waals surface area contributed by atoms with Gasteiger partial charge in [-0.3, -0.25) is 14.7 Å². The number of rotatable bonds is 3. The second-order valence-electron chi connectivity index (χ2n) is 7.11. The summed E-state index contributed by atoms with van der Waals surface area (Å²) in [6.07, 6.45) is 3.65. The van der Waals surface area contributed by atoms with Gasteiger partial charge in [0.25, 0.3) is 5.56 Å². The molecule has 0 unspecified atom stereocenters. The highest BCUT2D eigenvalue weighted by molar-refractivity contribution is 7.90.